The van der Waals surface area contributed by atoms with Crippen molar-refractivity contribution in [1.29, 1.82) is 0 Å². The van der Waals surface area contributed by atoms with E-state index in [9.17, 15) is 19.8 Å². The van der Waals surface area contributed by atoms with Gasteiger partial charge in [0.1, 0.15) is 0 Å². The molecule has 14 heavy (non-hydrogen) atoms. The van der Waals surface area contributed by atoms with Gasteiger partial charge in [-0.3, -0.25) is 0 Å². The van der Waals surface area contributed by atoms with E-state index < -0.39 is 11.9 Å². The summed E-state index contributed by atoms with van der Waals surface area (Å²) < 4.78 is 0. The Hall–Kier alpha value is -0.437. The maximum absolute atomic E-state index is 9.98. The van der Waals surface area contributed by atoms with Gasteiger partial charge >= 0.3 is 19.5 Å². The molecular weight excluding hydrogens is 237 g/mol. The molecule has 0 aliphatic carbocycles. The maximum atomic E-state index is 9.98. The quantitative estimate of drug-likeness (QED) is 0.418. The van der Waals surface area contributed by atoms with Gasteiger partial charge in [0.05, 0.1) is 0 Å². The summed E-state index contributed by atoms with van der Waals surface area (Å²) in [6.45, 7) is 0. The van der Waals surface area contributed by atoms with E-state index in [4.69, 9.17) is 0 Å². The minimum Gasteiger partial charge on any atom is -0.550 e. The predicted molar refractivity (Wildman–Crippen MR) is 42.3 cm³/mol. The molecule has 0 saturated carbocycles. The largest absolute Gasteiger partial charge is 2.00 e. The second-order valence-corrected chi connectivity index (χ2v) is 3.01. The van der Waals surface area contributed by atoms with Crippen LogP contribution in [0.3, 0.4) is 0 Å². The maximum Gasteiger partial charge on any atom is 2.00 e. The molecule has 0 saturated heterocycles. The zero-order chi connectivity index (χ0) is 10.1. The third-order valence-electron chi connectivity index (χ3n) is 1.76. The predicted octanol–water partition coefficient (Wildman–Crippen LogP) is -0.786. The number of unbranched alkanes of at least 4 members (excludes halogenated alkanes) is 4. The molecule has 0 aromatic heterocycles. The fourth-order valence-electron chi connectivity index (χ4n) is 1.07. The summed E-state index contributed by atoms with van der Waals surface area (Å²) in [4.78, 5) is 20.0. The third kappa shape index (κ3) is 14.1. The monoisotopic (exact) mass is 250 g/mol. The van der Waals surface area contributed by atoms with Gasteiger partial charge in [0.15, 0.2) is 0 Å². The normalized spacial score (nSPS) is 9.14. The first-order valence-electron chi connectivity index (χ1n) is 4.52. The molecule has 0 bridgehead atoms. The van der Waals surface area contributed by atoms with Crippen molar-refractivity contribution in [3.05, 3.63) is 0 Å². The van der Waals surface area contributed by atoms with Crippen LogP contribution in [0.15, 0.2) is 0 Å². The van der Waals surface area contributed by atoms with Crippen molar-refractivity contribution in [3.63, 3.8) is 0 Å². The Bertz CT molecular complexity index is 152. The number of carboxylic acids is 2. The fraction of sp³-hybridized carbons (Fsp3) is 0.778. The van der Waals surface area contributed by atoms with E-state index in [1.165, 1.54) is 0 Å². The number of carbonyl (C=O) groups is 2. The van der Waals surface area contributed by atoms with Crippen molar-refractivity contribution >= 4 is 11.9 Å². The molecule has 0 unspecified atom stereocenters. The zero-order valence-electron chi connectivity index (χ0n) is 8.29. The van der Waals surface area contributed by atoms with Gasteiger partial charge in [0.25, 0.3) is 0 Å². The fourth-order valence-corrected chi connectivity index (χ4v) is 1.07. The van der Waals surface area contributed by atoms with E-state index in [0.717, 1.165) is 19.3 Å². The van der Waals surface area contributed by atoms with E-state index in [1.807, 2.05) is 0 Å². The minimum absolute atomic E-state index is 0. The van der Waals surface area contributed by atoms with Gasteiger partial charge in [0.2, 0.25) is 0 Å². The summed E-state index contributed by atoms with van der Waals surface area (Å²) in [7, 11) is 0. The first-order chi connectivity index (χ1) is 6.13. The van der Waals surface area contributed by atoms with Crippen LogP contribution in [0, 0.1) is 0 Å². The van der Waals surface area contributed by atoms with E-state index in [2.05, 4.69) is 0 Å². The van der Waals surface area contributed by atoms with Crippen molar-refractivity contribution in [1.82, 2.24) is 0 Å². The molecule has 0 aromatic carbocycles. The van der Waals surface area contributed by atoms with Gasteiger partial charge in [-0.1, -0.05) is 19.3 Å². The second kappa shape index (κ2) is 10.6. The molecule has 0 rings (SSSR count). The molecule has 0 aromatic rings. The number of carboxylic acid groups (broad SMARTS) is 2. The van der Waals surface area contributed by atoms with Crippen LogP contribution < -0.4 is 10.2 Å². The summed E-state index contributed by atoms with van der Waals surface area (Å²) in [6.07, 6.45) is 3.95. The number of carbonyl (C=O) groups excluding carboxylic acids is 2. The molecule has 76 valence electrons. The third-order valence-corrected chi connectivity index (χ3v) is 1.76. The smallest absolute Gasteiger partial charge is 0.550 e. The van der Waals surface area contributed by atoms with Gasteiger partial charge in [-0.25, -0.2) is 0 Å². The summed E-state index contributed by atoms with van der Waals surface area (Å²) in [5.41, 5.74) is 0. The molecular formula is C9H14O4Zn. The first-order valence-corrected chi connectivity index (χ1v) is 4.52. The van der Waals surface area contributed by atoms with E-state index in [1.54, 1.807) is 0 Å². The van der Waals surface area contributed by atoms with E-state index in [-0.39, 0.29) is 32.3 Å². The van der Waals surface area contributed by atoms with Gasteiger partial charge in [-0.2, -0.15) is 0 Å². The number of hydrogen-bond acceptors (Lipinski definition) is 4. The van der Waals surface area contributed by atoms with Crippen molar-refractivity contribution in [2.45, 2.75) is 44.9 Å². The Labute approximate surface area is 96.5 Å². The first kappa shape index (κ1) is 16.0. The standard InChI is InChI=1S/C9H16O4.Zn/c10-8(11)6-4-2-1-3-5-7-9(12)13;/h1-7H2,(H,10,11)(H,12,13);/q;+2/p-2. The molecule has 0 atom stereocenters. The van der Waals surface area contributed by atoms with Crippen LogP contribution in [0.1, 0.15) is 44.9 Å². The zero-order valence-corrected chi connectivity index (χ0v) is 11.3. The molecule has 0 N–H and O–H groups in total. The van der Waals surface area contributed by atoms with Gasteiger partial charge in [0, 0.05) is 11.9 Å². The molecule has 5 heteroatoms. The number of aliphatic carboxylic acids is 2. The molecule has 0 radical (unpaired) electrons. The molecule has 0 aliphatic heterocycles. The van der Waals surface area contributed by atoms with Crippen LogP contribution in [-0.2, 0) is 29.1 Å². The number of hydrogen-bond donors (Lipinski definition) is 0. The Morgan fingerprint density at radius 3 is 1.29 bits per heavy atom. The summed E-state index contributed by atoms with van der Waals surface area (Å²) in [5.74, 6) is -2.04. The van der Waals surface area contributed by atoms with Crippen LogP contribution in [0.4, 0.5) is 0 Å². The van der Waals surface area contributed by atoms with Crippen LogP contribution >= 0.6 is 0 Å². The van der Waals surface area contributed by atoms with Crippen molar-refractivity contribution in [3.8, 4) is 0 Å². The summed E-state index contributed by atoms with van der Waals surface area (Å²) >= 11 is 0. The van der Waals surface area contributed by atoms with Crippen molar-refractivity contribution < 1.29 is 39.3 Å². The summed E-state index contributed by atoms with van der Waals surface area (Å²) in [6, 6.07) is 0. The Morgan fingerprint density at radius 1 is 0.714 bits per heavy atom. The molecule has 0 amide bonds. The Morgan fingerprint density at radius 2 is 1.00 bits per heavy atom. The van der Waals surface area contributed by atoms with Crippen LogP contribution in [-0.4, -0.2) is 11.9 Å². The van der Waals surface area contributed by atoms with Crippen molar-refractivity contribution in [2.75, 3.05) is 0 Å². The topological polar surface area (TPSA) is 80.3 Å². The van der Waals surface area contributed by atoms with E-state index >= 15 is 0 Å². The molecule has 0 fully saturated rings. The van der Waals surface area contributed by atoms with Crippen LogP contribution in [0.5, 0.6) is 0 Å². The van der Waals surface area contributed by atoms with Gasteiger partial charge < -0.3 is 19.8 Å². The van der Waals surface area contributed by atoms with Crippen LogP contribution in [0.25, 0.3) is 0 Å². The molecule has 0 spiro atoms. The van der Waals surface area contributed by atoms with Gasteiger partial charge in [-0.05, 0) is 25.7 Å². The van der Waals surface area contributed by atoms with Gasteiger partial charge in [-0.15, -0.1) is 0 Å². The average Bonchev–Trinajstić information content (AvgIpc) is 2.01. The average molecular weight is 252 g/mol. The molecule has 4 nitrogen and oxygen atoms in total. The SMILES string of the molecule is O=C([O-])CCCCCCCC(=O)[O-].[Zn+2]. The van der Waals surface area contributed by atoms with E-state index in [0.29, 0.717) is 12.8 Å². The van der Waals surface area contributed by atoms with Crippen molar-refractivity contribution in [2.24, 2.45) is 0 Å². The Balaban J connectivity index is 0. The Kier molecular flexibility index (Phi) is 12.2. The number of rotatable bonds is 8. The minimum atomic E-state index is -1.02. The molecule has 0 heterocycles. The summed E-state index contributed by atoms with van der Waals surface area (Å²) in [5, 5.41) is 20.0. The second-order valence-electron chi connectivity index (χ2n) is 3.01. The van der Waals surface area contributed by atoms with Crippen LogP contribution in [0.2, 0.25) is 0 Å². The molecule has 0 aliphatic rings.